The van der Waals surface area contributed by atoms with Crippen LogP contribution >= 0.6 is 0 Å². The number of hydrogen-bond acceptors (Lipinski definition) is 7. The van der Waals surface area contributed by atoms with Gasteiger partial charge in [-0.2, -0.15) is 8.78 Å². The van der Waals surface area contributed by atoms with Crippen molar-refractivity contribution in [2.75, 3.05) is 18.0 Å². The number of benzene rings is 1. The molecule has 3 amide bonds. The van der Waals surface area contributed by atoms with E-state index >= 15 is 0 Å². The van der Waals surface area contributed by atoms with Gasteiger partial charge in [0.1, 0.15) is 11.4 Å². The van der Waals surface area contributed by atoms with E-state index in [1.807, 2.05) is 0 Å². The van der Waals surface area contributed by atoms with Crippen LogP contribution in [0.1, 0.15) is 44.7 Å². The van der Waals surface area contributed by atoms with Crippen molar-refractivity contribution < 1.29 is 27.2 Å². The lowest BCUT2D eigenvalue weighted by Gasteiger charge is -2.43. The standard InChI is InChI=1S/C25H25F3N6O3/c1-15(2)32-10-8-25(9-11-32)23(35)33(24(36)34(25)19-5-3-4-17(26)12-19)14-18-7-6-16(13-29-18)21-30-31-22(37-21)20(27)28/h3-7,12-13,15,20H,8-11,14H2,1-2H3. The summed E-state index contributed by atoms with van der Waals surface area (Å²) in [5.74, 6) is -1.76. The molecule has 37 heavy (non-hydrogen) atoms. The zero-order chi connectivity index (χ0) is 26.3. The van der Waals surface area contributed by atoms with Gasteiger partial charge < -0.3 is 9.32 Å². The van der Waals surface area contributed by atoms with Crippen LogP contribution in [0, 0.1) is 5.82 Å². The first-order chi connectivity index (χ1) is 17.7. The third-order valence-corrected chi connectivity index (χ3v) is 6.93. The second-order valence-corrected chi connectivity index (χ2v) is 9.43. The van der Waals surface area contributed by atoms with Gasteiger partial charge in [0.15, 0.2) is 0 Å². The van der Waals surface area contributed by atoms with Gasteiger partial charge in [0, 0.05) is 31.0 Å². The molecule has 0 unspecified atom stereocenters. The number of halogens is 3. The van der Waals surface area contributed by atoms with Crippen molar-refractivity contribution in [3.8, 4) is 11.5 Å². The Labute approximate surface area is 210 Å². The maximum atomic E-state index is 14.1. The van der Waals surface area contributed by atoms with Gasteiger partial charge in [-0.15, -0.1) is 10.2 Å². The van der Waals surface area contributed by atoms with E-state index in [1.165, 1.54) is 35.4 Å². The number of alkyl halides is 2. The molecule has 12 heteroatoms. The molecule has 0 atom stereocenters. The number of carbonyl (C=O) groups is 2. The third kappa shape index (κ3) is 4.45. The lowest BCUT2D eigenvalue weighted by molar-refractivity contribution is -0.133. The number of anilines is 1. The van der Waals surface area contributed by atoms with Gasteiger partial charge >= 0.3 is 12.5 Å². The zero-order valence-electron chi connectivity index (χ0n) is 20.3. The van der Waals surface area contributed by atoms with Gasteiger partial charge in [-0.25, -0.2) is 9.18 Å². The largest absolute Gasteiger partial charge is 0.415 e. The van der Waals surface area contributed by atoms with Crippen LogP contribution in [0.25, 0.3) is 11.5 Å². The summed E-state index contributed by atoms with van der Waals surface area (Å²) >= 11 is 0. The van der Waals surface area contributed by atoms with Gasteiger partial charge in [-0.05, 0) is 57.0 Å². The summed E-state index contributed by atoms with van der Waals surface area (Å²) in [6.45, 7) is 5.29. The van der Waals surface area contributed by atoms with Crippen LogP contribution in [0.15, 0.2) is 47.0 Å². The highest BCUT2D eigenvalue weighted by Crippen LogP contribution is 2.41. The number of imide groups is 1. The topological polar surface area (TPSA) is 95.7 Å². The van der Waals surface area contributed by atoms with E-state index in [2.05, 4.69) is 33.9 Å². The lowest BCUT2D eigenvalue weighted by Crippen LogP contribution is -2.57. The van der Waals surface area contributed by atoms with Crippen molar-refractivity contribution in [3.05, 3.63) is 60.0 Å². The van der Waals surface area contributed by atoms with Crippen molar-refractivity contribution in [2.45, 2.75) is 51.2 Å². The first-order valence-electron chi connectivity index (χ1n) is 11.9. The van der Waals surface area contributed by atoms with Crippen molar-refractivity contribution in [1.82, 2.24) is 25.0 Å². The van der Waals surface area contributed by atoms with Crippen molar-refractivity contribution >= 4 is 17.6 Å². The maximum Gasteiger partial charge on any atom is 0.332 e. The van der Waals surface area contributed by atoms with E-state index in [1.54, 1.807) is 12.1 Å². The number of piperidine rings is 1. The number of nitrogens with zero attached hydrogens (tertiary/aromatic N) is 6. The SMILES string of the molecule is CC(C)N1CCC2(CC1)C(=O)N(Cc1ccc(-c3nnc(C(F)F)o3)cn1)C(=O)N2c1cccc(F)c1. The van der Waals surface area contributed by atoms with E-state index in [0.717, 1.165) is 4.90 Å². The highest BCUT2D eigenvalue weighted by Gasteiger charge is 2.58. The molecule has 0 N–H and O–H groups in total. The lowest BCUT2D eigenvalue weighted by atomic mass is 9.85. The van der Waals surface area contributed by atoms with Crippen LogP contribution in [0.5, 0.6) is 0 Å². The molecule has 0 radical (unpaired) electrons. The Balaban J connectivity index is 1.42. The van der Waals surface area contributed by atoms with Gasteiger partial charge in [0.25, 0.3) is 11.8 Å². The normalized spacial score (nSPS) is 18.1. The fourth-order valence-corrected chi connectivity index (χ4v) is 4.94. The Kier molecular flexibility index (Phi) is 6.44. The monoisotopic (exact) mass is 514 g/mol. The molecule has 2 aromatic heterocycles. The fraction of sp³-hybridized carbons (Fsp3) is 0.400. The Morgan fingerprint density at radius 3 is 2.43 bits per heavy atom. The Morgan fingerprint density at radius 2 is 1.84 bits per heavy atom. The summed E-state index contributed by atoms with van der Waals surface area (Å²) in [6, 6.07) is 8.53. The van der Waals surface area contributed by atoms with Crippen LogP contribution in [0.4, 0.5) is 23.7 Å². The minimum atomic E-state index is -2.89. The van der Waals surface area contributed by atoms with Crippen molar-refractivity contribution in [3.63, 3.8) is 0 Å². The molecule has 0 saturated carbocycles. The highest BCUT2D eigenvalue weighted by atomic mass is 19.3. The molecule has 1 aromatic carbocycles. The smallest absolute Gasteiger partial charge is 0.332 e. The molecular weight excluding hydrogens is 489 g/mol. The molecule has 0 bridgehead atoms. The average Bonchev–Trinajstić information content (AvgIpc) is 3.44. The first-order valence-corrected chi connectivity index (χ1v) is 11.9. The molecule has 3 aromatic rings. The van der Waals surface area contributed by atoms with E-state index in [-0.39, 0.29) is 18.3 Å². The number of carbonyl (C=O) groups excluding carboxylic acids is 2. The molecule has 194 valence electrons. The van der Waals surface area contributed by atoms with Gasteiger partial charge in [-0.1, -0.05) is 6.07 Å². The molecule has 2 aliphatic heterocycles. The van der Waals surface area contributed by atoms with Gasteiger partial charge in [0.2, 0.25) is 5.89 Å². The van der Waals surface area contributed by atoms with Crippen LogP contribution in [0.2, 0.25) is 0 Å². The van der Waals surface area contributed by atoms with Crippen molar-refractivity contribution in [2.24, 2.45) is 0 Å². The number of hydrogen-bond donors (Lipinski definition) is 0. The zero-order valence-corrected chi connectivity index (χ0v) is 20.3. The predicted octanol–water partition coefficient (Wildman–Crippen LogP) is 4.42. The second kappa shape index (κ2) is 9.58. The quantitative estimate of drug-likeness (QED) is 0.450. The third-order valence-electron chi connectivity index (χ3n) is 6.93. The molecule has 2 fully saturated rings. The fourth-order valence-electron chi connectivity index (χ4n) is 4.94. The second-order valence-electron chi connectivity index (χ2n) is 9.43. The Hall–Kier alpha value is -3.80. The number of pyridine rings is 1. The highest BCUT2D eigenvalue weighted by molar-refractivity contribution is 6.16. The van der Waals surface area contributed by atoms with E-state index < -0.39 is 29.7 Å². The number of aromatic nitrogens is 3. The molecule has 2 saturated heterocycles. The number of amides is 3. The summed E-state index contributed by atoms with van der Waals surface area (Å²) < 4.78 is 44.5. The number of urea groups is 1. The summed E-state index contributed by atoms with van der Waals surface area (Å²) in [7, 11) is 0. The number of rotatable bonds is 6. The summed E-state index contributed by atoms with van der Waals surface area (Å²) in [6.07, 6.45) is -0.705. The minimum Gasteiger partial charge on any atom is -0.415 e. The summed E-state index contributed by atoms with van der Waals surface area (Å²) in [5, 5.41) is 6.89. The predicted molar refractivity (Wildman–Crippen MR) is 126 cm³/mol. The molecule has 1 spiro atoms. The Bertz CT molecular complexity index is 1310. The molecular formula is C25H25F3N6O3. The van der Waals surface area contributed by atoms with Gasteiger partial charge in [-0.3, -0.25) is 19.6 Å². The van der Waals surface area contributed by atoms with E-state index in [4.69, 9.17) is 4.42 Å². The van der Waals surface area contributed by atoms with Crippen LogP contribution in [0.3, 0.4) is 0 Å². The minimum absolute atomic E-state index is 0.106. The molecule has 0 aliphatic carbocycles. The van der Waals surface area contributed by atoms with Crippen molar-refractivity contribution in [1.29, 1.82) is 0 Å². The van der Waals surface area contributed by atoms with Crippen LogP contribution in [-0.4, -0.2) is 61.6 Å². The first kappa shape index (κ1) is 24.9. The van der Waals surface area contributed by atoms with E-state index in [0.29, 0.717) is 48.9 Å². The number of likely N-dealkylation sites (tertiary alicyclic amines) is 1. The maximum absolute atomic E-state index is 14.1. The molecule has 4 heterocycles. The molecule has 5 rings (SSSR count). The van der Waals surface area contributed by atoms with Gasteiger partial charge in [0.05, 0.1) is 17.8 Å². The summed E-state index contributed by atoms with van der Waals surface area (Å²) in [5.41, 5.74) is -0.0736. The average molecular weight is 515 g/mol. The van der Waals surface area contributed by atoms with Crippen LogP contribution in [-0.2, 0) is 11.3 Å². The van der Waals surface area contributed by atoms with E-state index in [9.17, 15) is 22.8 Å². The van der Waals surface area contributed by atoms with Crippen LogP contribution < -0.4 is 4.90 Å². The molecule has 9 nitrogen and oxygen atoms in total. The summed E-state index contributed by atoms with van der Waals surface area (Å²) in [4.78, 5) is 36.5. The Morgan fingerprint density at radius 1 is 1.08 bits per heavy atom. The molecule has 2 aliphatic rings.